The fourth-order valence-electron chi connectivity index (χ4n) is 3.33. The number of nitrogens with zero attached hydrogens (tertiary/aromatic N) is 1. The van der Waals surface area contributed by atoms with Crippen LogP contribution >= 0.6 is 0 Å². The quantitative estimate of drug-likeness (QED) is 0.288. The van der Waals surface area contributed by atoms with Gasteiger partial charge in [0.2, 0.25) is 16.8 Å². The summed E-state index contributed by atoms with van der Waals surface area (Å²) in [6.45, 7) is 3.25. The Hall–Kier alpha value is -2.04. The number of aliphatic hydroxyl groups is 1. The van der Waals surface area contributed by atoms with Crippen molar-refractivity contribution < 1.29 is 37.3 Å². The Bertz CT molecular complexity index is 814. The lowest BCUT2D eigenvalue weighted by Gasteiger charge is -2.20. The van der Waals surface area contributed by atoms with E-state index in [1.165, 1.54) is 10.6 Å². The summed E-state index contributed by atoms with van der Waals surface area (Å²) in [5.41, 5.74) is 0. The summed E-state index contributed by atoms with van der Waals surface area (Å²) < 4.78 is 46.6. The molecule has 2 rings (SSSR count). The second-order valence-electron chi connectivity index (χ2n) is 7.75. The van der Waals surface area contributed by atoms with Crippen LogP contribution in [-0.2, 0) is 19.6 Å². The van der Waals surface area contributed by atoms with Gasteiger partial charge in [-0.1, -0.05) is 12.8 Å². The molecule has 1 heterocycles. The van der Waals surface area contributed by atoms with Gasteiger partial charge in [0.1, 0.15) is 12.4 Å². The normalized spacial score (nSPS) is 13.9. The summed E-state index contributed by atoms with van der Waals surface area (Å²) in [5.74, 6) is 1.67. The predicted molar refractivity (Wildman–Crippen MR) is 119 cm³/mol. The van der Waals surface area contributed by atoms with Crippen molar-refractivity contribution in [3.8, 4) is 17.2 Å². The zero-order chi connectivity index (χ0) is 23.4. The number of carbonyl (C=O) groups excluding carboxylic acids is 1. The van der Waals surface area contributed by atoms with E-state index >= 15 is 0 Å². The first-order valence-corrected chi connectivity index (χ1v) is 13.0. The van der Waals surface area contributed by atoms with Gasteiger partial charge in [0, 0.05) is 25.6 Å². The molecule has 0 bridgehead atoms. The Morgan fingerprint density at radius 1 is 1.12 bits per heavy atom. The van der Waals surface area contributed by atoms with Gasteiger partial charge in [-0.25, -0.2) is 12.7 Å². The topological polar surface area (TPSA) is 112 Å². The van der Waals surface area contributed by atoms with E-state index in [-0.39, 0.29) is 19.4 Å². The zero-order valence-corrected chi connectivity index (χ0v) is 19.8. The van der Waals surface area contributed by atoms with E-state index in [1.807, 2.05) is 0 Å². The summed E-state index contributed by atoms with van der Waals surface area (Å²) in [4.78, 5) is 11.3. The number of sulfonamides is 1. The molecule has 0 saturated heterocycles. The molecular formula is C22H35NO8S. The van der Waals surface area contributed by atoms with E-state index < -0.39 is 16.1 Å². The van der Waals surface area contributed by atoms with Crippen molar-refractivity contribution >= 4 is 16.0 Å². The number of hydrogen-bond acceptors (Lipinski definition) is 8. The van der Waals surface area contributed by atoms with Gasteiger partial charge in [0.25, 0.3) is 0 Å². The van der Waals surface area contributed by atoms with Crippen LogP contribution < -0.4 is 14.2 Å². The molecule has 1 aliphatic rings. The maximum Gasteiger partial charge on any atom is 0.305 e. The molecule has 0 spiro atoms. The van der Waals surface area contributed by atoms with Crippen LogP contribution in [-0.4, -0.2) is 69.3 Å². The molecule has 0 radical (unpaired) electrons. The van der Waals surface area contributed by atoms with Gasteiger partial charge < -0.3 is 24.1 Å². The Balaban J connectivity index is 1.62. The van der Waals surface area contributed by atoms with Gasteiger partial charge in [-0.05, 0) is 44.7 Å². The molecule has 1 atom stereocenters. The first-order valence-electron chi connectivity index (χ1n) is 11.1. The molecular weight excluding hydrogens is 438 g/mol. The molecule has 32 heavy (non-hydrogen) atoms. The number of ether oxygens (including phenoxy) is 4. The second-order valence-corrected chi connectivity index (χ2v) is 9.74. The smallest absolute Gasteiger partial charge is 0.305 e. The van der Waals surface area contributed by atoms with Crippen molar-refractivity contribution in [3.63, 3.8) is 0 Å². The van der Waals surface area contributed by atoms with Crippen molar-refractivity contribution in [1.29, 1.82) is 0 Å². The van der Waals surface area contributed by atoms with Gasteiger partial charge in [0.15, 0.2) is 11.5 Å². The number of unbranched alkanes of at least 4 members (excludes halogenated alkanes) is 3. The van der Waals surface area contributed by atoms with E-state index in [4.69, 9.17) is 18.9 Å². The van der Waals surface area contributed by atoms with Crippen LogP contribution in [0.25, 0.3) is 0 Å². The van der Waals surface area contributed by atoms with Gasteiger partial charge in [-0.2, -0.15) is 0 Å². The number of aliphatic hydroxyl groups excluding tert-OH is 1. The molecule has 0 aliphatic carbocycles. The minimum atomic E-state index is -3.32. The lowest BCUT2D eigenvalue weighted by molar-refractivity contribution is -0.143. The first kappa shape index (κ1) is 26.2. The highest BCUT2D eigenvalue weighted by Crippen LogP contribution is 2.35. The molecule has 0 aromatic heterocycles. The number of rotatable bonds is 16. The lowest BCUT2D eigenvalue weighted by atomic mass is 10.1. The van der Waals surface area contributed by atoms with E-state index in [0.717, 1.165) is 25.7 Å². The van der Waals surface area contributed by atoms with Crippen LogP contribution in [0.2, 0.25) is 0 Å². The molecule has 10 heteroatoms. The molecule has 1 aromatic carbocycles. The molecule has 0 amide bonds. The first-order chi connectivity index (χ1) is 15.3. The molecule has 0 fully saturated rings. The van der Waals surface area contributed by atoms with Crippen LogP contribution in [0.3, 0.4) is 0 Å². The van der Waals surface area contributed by atoms with E-state index in [0.29, 0.717) is 56.2 Å². The fraction of sp³-hybridized carbons (Fsp3) is 0.682. The van der Waals surface area contributed by atoms with E-state index in [9.17, 15) is 18.3 Å². The van der Waals surface area contributed by atoms with Crippen molar-refractivity contribution in [1.82, 2.24) is 4.31 Å². The number of carbonyl (C=O) groups is 1. The third-order valence-electron chi connectivity index (χ3n) is 5.04. The van der Waals surface area contributed by atoms with Crippen LogP contribution in [0.4, 0.5) is 0 Å². The van der Waals surface area contributed by atoms with Crippen LogP contribution in [0.5, 0.6) is 17.2 Å². The molecule has 1 N–H and O–H groups in total. The third kappa shape index (κ3) is 9.62. The minimum absolute atomic E-state index is 0.110. The van der Waals surface area contributed by atoms with Crippen molar-refractivity contribution in [2.24, 2.45) is 0 Å². The van der Waals surface area contributed by atoms with Gasteiger partial charge in [-0.3, -0.25) is 4.79 Å². The molecule has 182 valence electrons. The summed E-state index contributed by atoms with van der Waals surface area (Å²) in [6, 6.07) is 5.22. The predicted octanol–water partition coefficient (Wildman–Crippen LogP) is 2.71. The summed E-state index contributed by atoms with van der Waals surface area (Å²) in [6.07, 6.45) is 5.02. The van der Waals surface area contributed by atoms with Crippen molar-refractivity contribution in [3.05, 3.63) is 18.2 Å². The van der Waals surface area contributed by atoms with Gasteiger partial charge in [0.05, 0.1) is 19.0 Å². The summed E-state index contributed by atoms with van der Waals surface area (Å²) in [7, 11) is -3.32. The third-order valence-corrected chi connectivity index (χ3v) is 6.35. The van der Waals surface area contributed by atoms with Crippen LogP contribution in [0, 0.1) is 0 Å². The number of benzene rings is 1. The Morgan fingerprint density at radius 3 is 2.59 bits per heavy atom. The van der Waals surface area contributed by atoms with Crippen molar-refractivity contribution in [2.45, 2.75) is 58.0 Å². The largest absolute Gasteiger partial charge is 0.491 e. The number of fused-ring (bicyclic) bond motifs is 1. The van der Waals surface area contributed by atoms with E-state index in [2.05, 4.69) is 0 Å². The highest BCUT2D eigenvalue weighted by molar-refractivity contribution is 7.88. The van der Waals surface area contributed by atoms with Crippen LogP contribution in [0.15, 0.2) is 18.2 Å². The summed E-state index contributed by atoms with van der Waals surface area (Å²) >= 11 is 0. The average molecular weight is 474 g/mol. The number of esters is 1. The Kier molecular flexibility index (Phi) is 11.1. The van der Waals surface area contributed by atoms with E-state index in [1.54, 1.807) is 25.1 Å². The molecule has 1 aliphatic heterocycles. The Morgan fingerprint density at radius 2 is 1.84 bits per heavy atom. The average Bonchev–Trinajstić information content (AvgIpc) is 3.20. The SMILES string of the molecule is CCOC(=O)CCCCCCN(CCCC(O)COc1ccc2c(c1)OCO2)S(C)(=O)=O. The highest BCUT2D eigenvalue weighted by Gasteiger charge is 2.17. The monoisotopic (exact) mass is 473 g/mol. The highest BCUT2D eigenvalue weighted by atomic mass is 32.2. The molecule has 1 unspecified atom stereocenters. The maximum absolute atomic E-state index is 12.0. The van der Waals surface area contributed by atoms with Gasteiger partial charge in [-0.15, -0.1) is 0 Å². The van der Waals surface area contributed by atoms with Gasteiger partial charge >= 0.3 is 5.97 Å². The fourth-order valence-corrected chi connectivity index (χ4v) is 4.25. The maximum atomic E-state index is 12.0. The lowest BCUT2D eigenvalue weighted by Crippen LogP contribution is -2.32. The Labute approximate surface area is 190 Å². The number of hydrogen-bond donors (Lipinski definition) is 1. The molecule has 1 aromatic rings. The zero-order valence-electron chi connectivity index (χ0n) is 19.0. The summed E-state index contributed by atoms with van der Waals surface area (Å²) in [5, 5.41) is 10.2. The molecule has 9 nitrogen and oxygen atoms in total. The standard InChI is InChI=1S/C22H35NO8S/c1-3-28-22(25)10-6-4-5-7-13-23(32(2,26)27)14-8-9-18(24)16-29-19-11-12-20-21(15-19)31-17-30-20/h11-12,15,18,24H,3-10,13-14,16-17H2,1-2H3. The van der Waals surface area contributed by atoms with Crippen LogP contribution in [0.1, 0.15) is 51.9 Å². The second kappa shape index (κ2) is 13.5. The minimum Gasteiger partial charge on any atom is -0.491 e. The van der Waals surface area contributed by atoms with Crippen molar-refractivity contribution in [2.75, 3.05) is 39.4 Å². The molecule has 0 saturated carbocycles.